The van der Waals surface area contributed by atoms with Gasteiger partial charge in [0.1, 0.15) is 18.4 Å². The lowest BCUT2D eigenvalue weighted by molar-refractivity contribution is -0.140. The zero-order valence-electron chi connectivity index (χ0n) is 27.8. The largest absolute Gasteiger partial charge is 0.493 e. The molecule has 1 atom stereocenters. The SMILES string of the molecule is COc1ccc(S(=O)(=O)N(CC(=O)N(Cc2ccc(F)cc2)[C@@H](Cc2ccccc2)C(=O)NC2CCCCC2)c2ccccc2)cc1OC. The first kappa shape index (κ1) is 35.4. The van der Waals surface area contributed by atoms with Crippen molar-refractivity contribution in [1.82, 2.24) is 10.2 Å². The van der Waals surface area contributed by atoms with Gasteiger partial charge in [-0.05, 0) is 60.4 Å². The number of carbonyl (C=O) groups is 2. The Bertz CT molecular complexity index is 1800. The first-order chi connectivity index (χ1) is 23.7. The van der Waals surface area contributed by atoms with E-state index in [1.807, 2.05) is 30.3 Å². The van der Waals surface area contributed by atoms with Crippen LogP contribution in [0.25, 0.3) is 0 Å². The van der Waals surface area contributed by atoms with Crippen molar-refractivity contribution in [1.29, 1.82) is 0 Å². The zero-order valence-corrected chi connectivity index (χ0v) is 28.6. The highest BCUT2D eigenvalue weighted by atomic mass is 32.2. The predicted octanol–water partition coefficient (Wildman–Crippen LogP) is 6.13. The number of rotatable bonds is 14. The summed E-state index contributed by atoms with van der Waals surface area (Å²) in [5.74, 6) is -0.795. The predicted molar refractivity (Wildman–Crippen MR) is 186 cm³/mol. The Morgan fingerprint density at radius 3 is 2.08 bits per heavy atom. The van der Waals surface area contributed by atoms with Crippen molar-refractivity contribution in [2.45, 2.75) is 62.0 Å². The van der Waals surface area contributed by atoms with E-state index < -0.39 is 34.3 Å². The van der Waals surface area contributed by atoms with Gasteiger partial charge >= 0.3 is 0 Å². The van der Waals surface area contributed by atoms with Gasteiger partial charge in [-0.15, -0.1) is 0 Å². The Labute approximate surface area is 287 Å². The number of nitrogens with zero attached hydrogens (tertiary/aromatic N) is 2. The van der Waals surface area contributed by atoms with Gasteiger partial charge in [0.05, 0.1) is 24.8 Å². The molecule has 0 bridgehead atoms. The zero-order chi connectivity index (χ0) is 34.8. The summed E-state index contributed by atoms with van der Waals surface area (Å²) in [6, 6.07) is 26.6. The number of halogens is 1. The van der Waals surface area contributed by atoms with Crippen molar-refractivity contribution in [3.05, 3.63) is 120 Å². The van der Waals surface area contributed by atoms with Crippen LogP contribution in [0.3, 0.4) is 0 Å². The molecule has 11 heteroatoms. The van der Waals surface area contributed by atoms with Crippen LogP contribution in [0.15, 0.2) is 108 Å². The average Bonchev–Trinajstić information content (AvgIpc) is 3.13. The Morgan fingerprint density at radius 2 is 1.45 bits per heavy atom. The molecule has 5 rings (SSSR count). The molecule has 1 N–H and O–H groups in total. The molecule has 0 aromatic heterocycles. The van der Waals surface area contributed by atoms with Gasteiger partial charge in [-0.3, -0.25) is 13.9 Å². The molecule has 1 aliphatic rings. The second-order valence-corrected chi connectivity index (χ2v) is 13.9. The molecule has 2 amide bonds. The number of ether oxygens (including phenoxy) is 2. The second kappa shape index (κ2) is 16.5. The lowest BCUT2D eigenvalue weighted by Crippen LogP contribution is -2.55. The molecule has 4 aromatic rings. The number of amides is 2. The van der Waals surface area contributed by atoms with Gasteiger partial charge in [-0.25, -0.2) is 12.8 Å². The molecular formula is C38H42FN3O6S. The van der Waals surface area contributed by atoms with Crippen LogP contribution in [0.4, 0.5) is 10.1 Å². The molecule has 0 radical (unpaired) electrons. The van der Waals surface area contributed by atoms with Crippen molar-refractivity contribution < 1.29 is 31.9 Å². The summed E-state index contributed by atoms with van der Waals surface area (Å²) in [6.07, 6.45) is 5.01. The monoisotopic (exact) mass is 687 g/mol. The Morgan fingerprint density at radius 1 is 0.816 bits per heavy atom. The fourth-order valence-electron chi connectivity index (χ4n) is 6.11. The lowest BCUT2D eigenvalue weighted by atomic mass is 9.94. The van der Waals surface area contributed by atoms with Crippen molar-refractivity contribution in [2.24, 2.45) is 0 Å². The van der Waals surface area contributed by atoms with Gasteiger partial charge in [0.25, 0.3) is 10.0 Å². The summed E-state index contributed by atoms with van der Waals surface area (Å²) in [7, 11) is -1.49. The molecule has 49 heavy (non-hydrogen) atoms. The molecule has 1 saturated carbocycles. The first-order valence-corrected chi connectivity index (χ1v) is 17.8. The van der Waals surface area contributed by atoms with Crippen LogP contribution < -0.4 is 19.1 Å². The Balaban J connectivity index is 1.56. The van der Waals surface area contributed by atoms with Crippen molar-refractivity contribution in [3.63, 3.8) is 0 Å². The van der Waals surface area contributed by atoms with Gasteiger partial charge in [-0.2, -0.15) is 0 Å². The molecule has 1 fully saturated rings. The van der Waals surface area contributed by atoms with E-state index >= 15 is 0 Å². The topological polar surface area (TPSA) is 105 Å². The lowest BCUT2D eigenvalue weighted by Gasteiger charge is -2.35. The molecule has 0 aliphatic heterocycles. The number of carbonyl (C=O) groups excluding carboxylic acids is 2. The molecule has 1 aliphatic carbocycles. The third-order valence-electron chi connectivity index (χ3n) is 8.75. The number of hydrogen-bond donors (Lipinski definition) is 1. The number of para-hydroxylation sites is 1. The van der Waals surface area contributed by atoms with Gasteiger partial charge < -0.3 is 19.7 Å². The van der Waals surface area contributed by atoms with Gasteiger partial charge in [0.2, 0.25) is 11.8 Å². The van der Waals surface area contributed by atoms with Crippen molar-refractivity contribution >= 4 is 27.5 Å². The molecule has 0 spiro atoms. The highest BCUT2D eigenvalue weighted by Crippen LogP contribution is 2.32. The van der Waals surface area contributed by atoms with Gasteiger partial charge in [0.15, 0.2) is 11.5 Å². The van der Waals surface area contributed by atoms with Gasteiger partial charge in [0, 0.05) is 25.1 Å². The van der Waals surface area contributed by atoms with E-state index in [1.54, 1.807) is 42.5 Å². The quantitative estimate of drug-likeness (QED) is 0.171. The average molecular weight is 688 g/mol. The van der Waals surface area contributed by atoms with E-state index in [0.717, 1.165) is 42.0 Å². The molecule has 0 saturated heterocycles. The normalized spacial score (nSPS) is 14.0. The molecule has 0 unspecified atom stereocenters. The van der Waals surface area contributed by atoms with E-state index in [2.05, 4.69) is 5.32 Å². The summed E-state index contributed by atoms with van der Waals surface area (Å²) in [5, 5.41) is 3.18. The third kappa shape index (κ3) is 8.97. The standard InChI is InChI=1S/C38H42FN3O6S/c1-47-35-23-22-33(25-36(35)48-2)49(45,46)42(32-16-10-5-11-17-32)27-37(43)41(26-29-18-20-30(39)21-19-29)34(24-28-12-6-3-7-13-28)38(44)40-31-14-8-4-9-15-31/h3,5-7,10-13,16-23,25,31,34H,4,8-9,14-15,24,26-27H2,1-2H3,(H,40,44)/t34-/m0/s1. The van der Waals surface area contributed by atoms with E-state index in [1.165, 1.54) is 49.5 Å². The maximum absolute atomic E-state index is 14.6. The minimum atomic E-state index is -4.35. The van der Waals surface area contributed by atoms with E-state index in [0.29, 0.717) is 11.3 Å². The van der Waals surface area contributed by atoms with Crippen molar-refractivity contribution in [3.8, 4) is 11.5 Å². The molecular weight excluding hydrogens is 645 g/mol. The molecule has 9 nitrogen and oxygen atoms in total. The highest BCUT2D eigenvalue weighted by Gasteiger charge is 2.35. The van der Waals surface area contributed by atoms with Crippen molar-refractivity contribution in [2.75, 3.05) is 25.1 Å². The van der Waals surface area contributed by atoms with Crippen LogP contribution in [-0.2, 0) is 32.6 Å². The van der Waals surface area contributed by atoms with Crippen LogP contribution in [0, 0.1) is 5.82 Å². The first-order valence-electron chi connectivity index (χ1n) is 16.4. The summed E-state index contributed by atoms with van der Waals surface area (Å²) in [4.78, 5) is 30.1. The second-order valence-electron chi connectivity index (χ2n) is 12.1. The van der Waals surface area contributed by atoms with E-state index in [-0.39, 0.29) is 41.2 Å². The number of benzene rings is 4. The van der Waals surface area contributed by atoms with Gasteiger partial charge in [-0.1, -0.05) is 79.9 Å². The molecule has 258 valence electrons. The molecule has 0 heterocycles. The summed E-state index contributed by atoms with van der Waals surface area (Å²) >= 11 is 0. The maximum atomic E-state index is 14.6. The Hall–Kier alpha value is -4.90. The number of hydrogen-bond acceptors (Lipinski definition) is 6. The van der Waals surface area contributed by atoms with E-state index in [9.17, 15) is 22.4 Å². The number of nitrogens with one attached hydrogen (secondary N) is 1. The fourth-order valence-corrected chi connectivity index (χ4v) is 7.54. The van der Waals surface area contributed by atoms with Crippen LogP contribution in [0.1, 0.15) is 43.2 Å². The van der Waals surface area contributed by atoms with Crippen LogP contribution in [-0.4, -0.2) is 58.0 Å². The van der Waals surface area contributed by atoms with E-state index in [4.69, 9.17) is 9.47 Å². The third-order valence-corrected chi connectivity index (χ3v) is 10.5. The maximum Gasteiger partial charge on any atom is 0.264 e. The van der Waals surface area contributed by atoms with Crippen LogP contribution in [0.5, 0.6) is 11.5 Å². The Kier molecular flexibility index (Phi) is 11.9. The number of anilines is 1. The fraction of sp³-hybridized carbons (Fsp3) is 0.316. The number of sulfonamides is 1. The molecule has 4 aromatic carbocycles. The number of methoxy groups -OCH3 is 2. The minimum Gasteiger partial charge on any atom is -0.493 e. The smallest absolute Gasteiger partial charge is 0.264 e. The van der Waals surface area contributed by atoms with Crippen LogP contribution >= 0.6 is 0 Å². The minimum absolute atomic E-state index is 0.0199. The highest BCUT2D eigenvalue weighted by molar-refractivity contribution is 7.92. The summed E-state index contributed by atoms with van der Waals surface area (Å²) in [6.45, 7) is -0.655. The van der Waals surface area contributed by atoms with Crippen LogP contribution in [0.2, 0.25) is 0 Å². The summed E-state index contributed by atoms with van der Waals surface area (Å²) in [5.41, 5.74) is 1.69. The summed E-state index contributed by atoms with van der Waals surface area (Å²) < 4.78 is 54.4.